The second-order valence-electron chi connectivity index (χ2n) is 3.51. The van der Waals surface area contributed by atoms with Crippen LogP contribution in [-0.4, -0.2) is 5.78 Å². The van der Waals surface area contributed by atoms with E-state index in [-0.39, 0.29) is 5.78 Å². The molecular formula is C12H16O. The van der Waals surface area contributed by atoms with Gasteiger partial charge in [0.1, 0.15) is 0 Å². The third-order valence-electron chi connectivity index (χ3n) is 2.08. The summed E-state index contributed by atoms with van der Waals surface area (Å²) in [5.41, 5.74) is 3.28. The van der Waals surface area contributed by atoms with Gasteiger partial charge >= 0.3 is 0 Å². The molecule has 1 rings (SSSR count). The van der Waals surface area contributed by atoms with Crippen molar-refractivity contribution in [2.75, 3.05) is 0 Å². The summed E-state index contributed by atoms with van der Waals surface area (Å²) in [6.07, 6.45) is 2.18. The highest BCUT2D eigenvalue weighted by molar-refractivity contribution is 5.94. The summed E-state index contributed by atoms with van der Waals surface area (Å²) < 4.78 is 0. The summed E-state index contributed by atoms with van der Waals surface area (Å²) in [5.74, 6) is 0.154. The molecule has 0 radical (unpaired) electrons. The molecule has 0 N–H and O–H groups in total. The summed E-state index contributed by atoms with van der Waals surface area (Å²) in [4.78, 5) is 11.2. The number of ketones is 1. The lowest BCUT2D eigenvalue weighted by Crippen LogP contribution is -1.95. The van der Waals surface area contributed by atoms with Gasteiger partial charge in [0, 0.05) is 5.56 Å². The Balaban J connectivity index is 3.03. The fourth-order valence-electron chi connectivity index (χ4n) is 1.50. The Morgan fingerprint density at radius 2 is 2.00 bits per heavy atom. The molecule has 0 saturated heterocycles. The van der Waals surface area contributed by atoms with Crippen molar-refractivity contribution in [1.82, 2.24) is 0 Å². The summed E-state index contributed by atoms with van der Waals surface area (Å²) in [6, 6.07) is 6.09. The molecule has 0 unspecified atom stereocenters. The van der Waals surface area contributed by atoms with Gasteiger partial charge in [-0.05, 0) is 38.0 Å². The molecule has 0 aliphatic carbocycles. The van der Waals surface area contributed by atoms with Crippen molar-refractivity contribution in [2.45, 2.75) is 33.6 Å². The summed E-state index contributed by atoms with van der Waals surface area (Å²) in [6.45, 7) is 5.80. The van der Waals surface area contributed by atoms with E-state index in [1.165, 1.54) is 11.1 Å². The molecule has 0 amide bonds. The van der Waals surface area contributed by atoms with Crippen LogP contribution < -0.4 is 0 Å². The van der Waals surface area contributed by atoms with Crippen LogP contribution in [0, 0.1) is 6.92 Å². The SMILES string of the molecule is CCCc1cc(C)cc(C(C)=O)c1. The molecule has 0 heterocycles. The van der Waals surface area contributed by atoms with E-state index in [1.54, 1.807) is 6.92 Å². The number of carbonyl (C=O) groups is 1. The first kappa shape index (κ1) is 9.97. The molecule has 0 bridgehead atoms. The molecule has 0 aliphatic heterocycles. The van der Waals surface area contributed by atoms with Gasteiger partial charge < -0.3 is 0 Å². The zero-order valence-electron chi connectivity index (χ0n) is 8.55. The van der Waals surface area contributed by atoms with Crippen molar-refractivity contribution >= 4 is 5.78 Å². The highest BCUT2D eigenvalue weighted by atomic mass is 16.1. The largest absolute Gasteiger partial charge is 0.295 e. The third kappa shape index (κ3) is 2.69. The van der Waals surface area contributed by atoms with Gasteiger partial charge in [-0.15, -0.1) is 0 Å². The summed E-state index contributed by atoms with van der Waals surface area (Å²) in [5, 5.41) is 0. The average molecular weight is 176 g/mol. The molecule has 70 valence electrons. The van der Waals surface area contributed by atoms with Crippen LogP contribution in [0.3, 0.4) is 0 Å². The minimum atomic E-state index is 0.154. The van der Waals surface area contributed by atoms with Crippen LogP contribution in [0.4, 0.5) is 0 Å². The quantitative estimate of drug-likeness (QED) is 0.646. The molecule has 1 heteroatoms. The van der Waals surface area contributed by atoms with Gasteiger partial charge in [0.05, 0.1) is 0 Å². The Kier molecular flexibility index (Phi) is 3.24. The fraction of sp³-hybridized carbons (Fsp3) is 0.417. The van der Waals surface area contributed by atoms with Crippen LogP contribution in [0.25, 0.3) is 0 Å². The number of hydrogen-bond donors (Lipinski definition) is 0. The first-order valence-electron chi connectivity index (χ1n) is 4.75. The van der Waals surface area contributed by atoms with E-state index in [4.69, 9.17) is 0 Å². The van der Waals surface area contributed by atoms with E-state index in [2.05, 4.69) is 13.0 Å². The molecule has 0 atom stereocenters. The van der Waals surface area contributed by atoms with Gasteiger partial charge in [-0.1, -0.05) is 25.0 Å². The maximum atomic E-state index is 11.2. The molecule has 1 nitrogen and oxygen atoms in total. The third-order valence-corrected chi connectivity index (χ3v) is 2.08. The highest BCUT2D eigenvalue weighted by Gasteiger charge is 2.01. The lowest BCUT2D eigenvalue weighted by atomic mass is 10.0. The van der Waals surface area contributed by atoms with E-state index in [9.17, 15) is 4.79 Å². The first-order valence-corrected chi connectivity index (χ1v) is 4.75. The van der Waals surface area contributed by atoms with E-state index >= 15 is 0 Å². The fourth-order valence-corrected chi connectivity index (χ4v) is 1.50. The van der Waals surface area contributed by atoms with Crippen LogP contribution in [0.5, 0.6) is 0 Å². The monoisotopic (exact) mass is 176 g/mol. The van der Waals surface area contributed by atoms with Crippen LogP contribution in [-0.2, 0) is 6.42 Å². The normalized spacial score (nSPS) is 10.1. The number of hydrogen-bond acceptors (Lipinski definition) is 1. The Morgan fingerprint density at radius 1 is 1.31 bits per heavy atom. The van der Waals surface area contributed by atoms with Crippen molar-refractivity contribution in [3.8, 4) is 0 Å². The molecule has 0 fully saturated rings. The minimum Gasteiger partial charge on any atom is -0.295 e. The standard InChI is InChI=1S/C12H16O/c1-4-5-11-6-9(2)7-12(8-11)10(3)13/h6-8H,4-5H2,1-3H3. The van der Waals surface area contributed by atoms with Crippen molar-refractivity contribution in [1.29, 1.82) is 0 Å². The molecule has 0 aliphatic rings. The van der Waals surface area contributed by atoms with Gasteiger partial charge in [-0.2, -0.15) is 0 Å². The smallest absolute Gasteiger partial charge is 0.159 e. The molecule has 1 aromatic rings. The average Bonchev–Trinajstić information content (AvgIpc) is 2.03. The number of benzene rings is 1. The lowest BCUT2D eigenvalue weighted by molar-refractivity contribution is 0.101. The van der Waals surface area contributed by atoms with Crippen molar-refractivity contribution in [3.05, 3.63) is 34.9 Å². The number of aryl methyl sites for hydroxylation is 2. The topological polar surface area (TPSA) is 17.1 Å². The van der Waals surface area contributed by atoms with Gasteiger partial charge in [-0.3, -0.25) is 4.79 Å². The molecule has 1 aromatic carbocycles. The van der Waals surface area contributed by atoms with Crippen LogP contribution in [0.15, 0.2) is 18.2 Å². The predicted molar refractivity (Wildman–Crippen MR) is 55.2 cm³/mol. The van der Waals surface area contributed by atoms with E-state index in [0.29, 0.717) is 0 Å². The van der Waals surface area contributed by atoms with Crippen LogP contribution in [0.2, 0.25) is 0 Å². The number of rotatable bonds is 3. The molecular weight excluding hydrogens is 160 g/mol. The number of Topliss-reactive ketones (excluding diaryl/α,β-unsaturated/α-hetero) is 1. The second-order valence-corrected chi connectivity index (χ2v) is 3.51. The van der Waals surface area contributed by atoms with Crippen LogP contribution >= 0.6 is 0 Å². The Morgan fingerprint density at radius 3 is 2.54 bits per heavy atom. The number of carbonyl (C=O) groups excluding carboxylic acids is 1. The van der Waals surface area contributed by atoms with Gasteiger partial charge in [0.25, 0.3) is 0 Å². The molecule has 0 spiro atoms. The summed E-state index contributed by atoms with van der Waals surface area (Å²) >= 11 is 0. The predicted octanol–water partition coefficient (Wildman–Crippen LogP) is 3.15. The zero-order valence-corrected chi connectivity index (χ0v) is 8.55. The van der Waals surface area contributed by atoms with Gasteiger partial charge in [-0.25, -0.2) is 0 Å². The molecule has 0 saturated carbocycles. The highest BCUT2D eigenvalue weighted by Crippen LogP contribution is 2.11. The van der Waals surface area contributed by atoms with E-state index in [0.717, 1.165) is 18.4 Å². The molecule has 13 heavy (non-hydrogen) atoms. The first-order chi connectivity index (χ1) is 6.13. The minimum absolute atomic E-state index is 0.154. The van der Waals surface area contributed by atoms with Crippen molar-refractivity contribution in [2.24, 2.45) is 0 Å². The van der Waals surface area contributed by atoms with E-state index in [1.807, 2.05) is 19.1 Å². The van der Waals surface area contributed by atoms with Crippen molar-refractivity contribution < 1.29 is 4.79 Å². The lowest BCUT2D eigenvalue weighted by Gasteiger charge is -2.03. The zero-order chi connectivity index (χ0) is 9.84. The molecule has 0 aromatic heterocycles. The van der Waals surface area contributed by atoms with E-state index < -0.39 is 0 Å². The Labute approximate surface area is 79.8 Å². The Bertz CT molecular complexity index is 313. The van der Waals surface area contributed by atoms with Gasteiger partial charge in [0.15, 0.2) is 5.78 Å². The van der Waals surface area contributed by atoms with Gasteiger partial charge in [0.2, 0.25) is 0 Å². The van der Waals surface area contributed by atoms with Crippen LogP contribution in [0.1, 0.15) is 41.8 Å². The Hall–Kier alpha value is -1.11. The maximum absolute atomic E-state index is 11.2. The second kappa shape index (κ2) is 4.22. The maximum Gasteiger partial charge on any atom is 0.159 e. The summed E-state index contributed by atoms with van der Waals surface area (Å²) in [7, 11) is 0. The van der Waals surface area contributed by atoms with Crippen molar-refractivity contribution in [3.63, 3.8) is 0 Å².